The number of nitrogens with one attached hydrogen (secondary N) is 2. The summed E-state index contributed by atoms with van der Waals surface area (Å²) in [6, 6.07) is 9.48. The van der Waals surface area contributed by atoms with E-state index in [-0.39, 0.29) is 49.1 Å². The molecule has 0 atom stereocenters. The molecule has 0 unspecified atom stereocenters. The summed E-state index contributed by atoms with van der Waals surface area (Å²) in [6.45, 7) is 0. The Morgan fingerprint density at radius 2 is 1.07 bits per heavy atom. The van der Waals surface area contributed by atoms with Crippen LogP contribution in [0.4, 0.5) is 11.4 Å². The Labute approximate surface area is 172 Å². The summed E-state index contributed by atoms with van der Waals surface area (Å²) in [4.78, 5) is 0. The molecule has 0 heterocycles. The van der Waals surface area contributed by atoms with Gasteiger partial charge in [-0.1, -0.05) is 0 Å². The molecule has 152 valence electrons. The third kappa shape index (κ3) is 7.90. The Morgan fingerprint density at radius 1 is 0.714 bits per heavy atom. The third-order valence-corrected chi connectivity index (χ3v) is 12.6. The number of benzene rings is 2. The number of phenolic OH excluding ortho intramolecular Hbond substituents is 2. The molecule has 14 heteroatoms. The zero-order chi connectivity index (χ0) is 20.9. The molecule has 0 spiro atoms. The van der Waals surface area contributed by atoms with E-state index < -0.39 is 32.0 Å². The Bertz CT molecular complexity index is 1020. The van der Waals surface area contributed by atoms with Crippen LogP contribution in [0.5, 0.6) is 11.5 Å². The van der Waals surface area contributed by atoms with Gasteiger partial charge < -0.3 is 0 Å². The fourth-order valence-electron chi connectivity index (χ4n) is 1.91. The number of anilines is 2. The predicted octanol–water partition coefficient (Wildman–Crippen LogP) is -1.11. The van der Waals surface area contributed by atoms with E-state index in [1.165, 1.54) is 12.1 Å². The van der Waals surface area contributed by atoms with Crippen LogP contribution in [0, 0.1) is 0 Å². The normalized spacial score (nSPS) is 12.2. The number of aromatic hydroxyl groups is 2. The molecule has 0 saturated carbocycles. The maximum atomic E-state index is 10.8. The van der Waals surface area contributed by atoms with Gasteiger partial charge in [-0.3, -0.25) is 0 Å². The predicted molar refractivity (Wildman–Crippen MR) is 107 cm³/mol. The van der Waals surface area contributed by atoms with E-state index in [0.29, 0.717) is 0 Å². The molecule has 2 aromatic carbocycles. The second-order valence-electron chi connectivity index (χ2n) is 5.41. The first-order valence-electron chi connectivity index (χ1n) is 7.39. The van der Waals surface area contributed by atoms with Crippen molar-refractivity contribution in [2.24, 2.45) is 0 Å². The van der Waals surface area contributed by atoms with Crippen molar-refractivity contribution in [1.82, 2.24) is 0 Å². The fraction of sp³-hybridized carbons (Fsp3) is 0.143. The molecule has 0 fully saturated rings. The standard InChI is InChI=1S/C14H16As2N2O8S2/c19-13-3-1-9(5-11(13)17-7-27(21,22)23)15-16-10-2-4-14(20)12(6-10)18-8-28(24,25)26/h1-6,17-20H,7-8H2,(H,21,22,23)(H,24,25,26). The minimum absolute atomic E-state index is 0.147. The van der Waals surface area contributed by atoms with Crippen LogP contribution in [-0.4, -0.2) is 74.2 Å². The first-order chi connectivity index (χ1) is 12.9. The van der Waals surface area contributed by atoms with Crippen molar-refractivity contribution < 1.29 is 36.2 Å². The van der Waals surface area contributed by atoms with Crippen LogP contribution in [0.15, 0.2) is 36.4 Å². The summed E-state index contributed by atoms with van der Waals surface area (Å²) < 4.78 is 62.7. The summed E-state index contributed by atoms with van der Waals surface area (Å²) in [5.41, 5.74) is 0.376. The summed E-state index contributed by atoms with van der Waals surface area (Å²) >= 11 is -0.720. The summed E-state index contributed by atoms with van der Waals surface area (Å²) in [6.07, 6.45) is 0. The van der Waals surface area contributed by atoms with Crippen molar-refractivity contribution in [2.75, 3.05) is 22.4 Å². The molecule has 0 saturated heterocycles. The van der Waals surface area contributed by atoms with Crippen LogP contribution < -0.4 is 19.3 Å². The molecule has 0 aliphatic rings. The molecule has 6 N–H and O–H groups in total. The van der Waals surface area contributed by atoms with Gasteiger partial charge in [0.2, 0.25) is 0 Å². The summed E-state index contributed by atoms with van der Waals surface area (Å²) in [5, 5.41) is 24.5. The van der Waals surface area contributed by atoms with Gasteiger partial charge in [-0.2, -0.15) is 0 Å². The Hall–Kier alpha value is -1.42. The van der Waals surface area contributed by atoms with Crippen LogP contribution in [-0.2, 0) is 20.2 Å². The minimum atomic E-state index is -4.23. The van der Waals surface area contributed by atoms with E-state index in [4.69, 9.17) is 9.11 Å². The van der Waals surface area contributed by atoms with Crippen LogP contribution in [0.1, 0.15) is 0 Å². The van der Waals surface area contributed by atoms with E-state index in [1.54, 1.807) is 24.3 Å². The van der Waals surface area contributed by atoms with Crippen molar-refractivity contribution >= 4 is 66.6 Å². The van der Waals surface area contributed by atoms with Gasteiger partial charge in [0, 0.05) is 0 Å². The summed E-state index contributed by atoms with van der Waals surface area (Å²) in [7, 11) is -8.46. The molecular weight excluding hydrogens is 538 g/mol. The molecule has 0 aliphatic carbocycles. The van der Waals surface area contributed by atoms with Crippen LogP contribution in [0.2, 0.25) is 0 Å². The van der Waals surface area contributed by atoms with Crippen molar-refractivity contribution in [3.8, 4) is 11.5 Å². The first kappa shape index (κ1) is 22.9. The Balaban J connectivity index is 2.19. The molecule has 2 rings (SSSR count). The molecule has 0 amide bonds. The number of hydrogen-bond donors (Lipinski definition) is 6. The van der Waals surface area contributed by atoms with Crippen LogP contribution >= 0.6 is 0 Å². The topological polar surface area (TPSA) is 173 Å². The number of rotatable bonds is 8. The van der Waals surface area contributed by atoms with Gasteiger partial charge in [-0.05, 0) is 0 Å². The molecule has 10 nitrogen and oxygen atoms in total. The van der Waals surface area contributed by atoms with Crippen molar-refractivity contribution in [1.29, 1.82) is 0 Å². The van der Waals surface area contributed by atoms with Crippen molar-refractivity contribution in [2.45, 2.75) is 0 Å². The van der Waals surface area contributed by atoms with Crippen LogP contribution in [0.25, 0.3) is 0 Å². The van der Waals surface area contributed by atoms with E-state index in [2.05, 4.69) is 10.6 Å². The molecule has 0 bridgehead atoms. The molecule has 2 aromatic rings. The first-order valence-corrected chi connectivity index (χ1v) is 17.7. The molecule has 0 aliphatic heterocycles. The fourth-order valence-corrected chi connectivity index (χ4v) is 9.68. The zero-order valence-corrected chi connectivity index (χ0v) is 19.4. The van der Waals surface area contributed by atoms with Crippen molar-refractivity contribution in [3.05, 3.63) is 36.4 Å². The summed E-state index contributed by atoms with van der Waals surface area (Å²) in [5.74, 6) is -1.75. The van der Waals surface area contributed by atoms with Gasteiger partial charge in [0.1, 0.15) is 0 Å². The van der Waals surface area contributed by atoms with Gasteiger partial charge in [0.25, 0.3) is 0 Å². The quantitative estimate of drug-likeness (QED) is 0.133. The van der Waals surface area contributed by atoms with Crippen LogP contribution in [0.3, 0.4) is 0 Å². The van der Waals surface area contributed by atoms with Gasteiger partial charge in [0.05, 0.1) is 0 Å². The van der Waals surface area contributed by atoms with Gasteiger partial charge in [-0.25, -0.2) is 0 Å². The molecule has 0 aromatic heterocycles. The second-order valence-corrected chi connectivity index (χ2v) is 15.7. The second kappa shape index (κ2) is 9.38. The SMILES string of the molecule is O=S(=O)(O)CNc1cc([As]=[As]c2ccc(O)c(NCS(=O)(=O)O)c2)ccc1O. The van der Waals surface area contributed by atoms with E-state index in [0.717, 1.165) is 8.70 Å². The Kier molecular flexibility index (Phi) is 7.66. The molecule has 28 heavy (non-hydrogen) atoms. The van der Waals surface area contributed by atoms with Gasteiger partial charge >= 0.3 is 173 Å². The zero-order valence-electron chi connectivity index (χ0n) is 14.0. The average Bonchev–Trinajstić information content (AvgIpc) is 2.58. The Morgan fingerprint density at radius 3 is 1.39 bits per heavy atom. The number of hydrogen-bond acceptors (Lipinski definition) is 8. The number of phenols is 2. The van der Waals surface area contributed by atoms with Gasteiger partial charge in [0.15, 0.2) is 0 Å². The average molecular weight is 554 g/mol. The van der Waals surface area contributed by atoms with E-state index >= 15 is 0 Å². The van der Waals surface area contributed by atoms with Crippen molar-refractivity contribution in [3.63, 3.8) is 0 Å². The van der Waals surface area contributed by atoms with Gasteiger partial charge in [-0.15, -0.1) is 0 Å². The monoisotopic (exact) mass is 554 g/mol. The van der Waals surface area contributed by atoms with E-state index in [9.17, 15) is 27.0 Å². The maximum absolute atomic E-state index is 10.8. The third-order valence-electron chi connectivity index (χ3n) is 3.13. The van der Waals surface area contributed by atoms with E-state index in [1.807, 2.05) is 0 Å². The molecular formula is C14H16As2N2O8S2. The molecule has 0 radical (unpaired) electrons.